The van der Waals surface area contributed by atoms with Crippen LogP contribution >= 0.6 is 0 Å². The number of amides is 1. The van der Waals surface area contributed by atoms with Crippen molar-refractivity contribution in [3.05, 3.63) is 23.5 Å². The van der Waals surface area contributed by atoms with Gasteiger partial charge in [0.25, 0.3) is 5.91 Å². The van der Waals surface area contributed by atoms with E-state index in [1.807, 2.05) is 6.92 Å². The number of nitrogens with zero attached hydrogens (tertiary/aromatic N) is 1. The molecule has 1 aromatic rings. The predicted molar refractivity (Wildman–Crippen MR) is 168 cm³/mol. The predicted octanol–water partition coefficient (Wildman–Crippen LogP) is 3.07. The lowest BCUT2D eigenvalue weighted by molar-refractivity contribution is -0.162. The molecule has 45 heavy (non-hydrogen) atoms. The number of H-pyrrole nitrogens is 1. The zero-order valence-electron chi connectivity index (χ0n) is 27.4. The van der Waals surface area contributed by atoms with E-state index in [1.54, 1.807) is 46.8 Å². The second kappa shape index (κ2) is 15.9. The Morgan fingerprint density at radius 1 is 1.29 bits per heavy atom. The Bertz CT molecular complexity index is 1210. The lowest BCUT2D eigenvalue weighted by Crippen LogP contribution is -2.47. The molecule has 13 nitrogen and oxygen atoms in total. The summed E-state index contributed by atoms with van der Waals surface area (Å²) < 4.78 is 23.3. The maximum absolute atomic E-state index is 13.1. The second-order valence-electron chi connectivity index (χ2n) is 13.0. The standard InChI is InChI=1S/C32H51N5O8/c1-7-8-15-43-31(4,5)30(41)37-28(35-18-33)21-13-14-23(36-21)32(6)27(39)26(44-29(40)25(34)19(2)3)22(45-32)17-42-24(38)16-20-11-9-10-12-20/h13-14,18-20,22,25-27,36,39H,7-12,15-17,34H2,1-6H3,(H2,33,35,37,41)/t22-,25-,26-,27-,32+/m1/s1. The normalized spacial score (nSPS) is 24.9. The Balaban J connectivity index is 1.81. The van der Waals surface area contributed by atoms with E-state index in [0.717, 1.165) is 44.9 Å². The fraction of sp³-hybridized carbons (Fsp3) is 0.719. The number of carbonyl (C=O) groups excluding carboxylic acids is 3. The van der Waals surface area contributed by atoms with Gasteiger partial charge in [-0.15, -0.1) is 0 Å². The molecule has 3 rings (SSSR count). The van der Waals surface area contributed by atoms with Gasteiger partial charge >= 0.3 is 11.9 Å². The minimum atomic E-state index is -1.45. The molecule has 0 bridgehead atoms. The number of aromatic nitrogens is 1. The summed E-state index contributed by atoms with van der Waals surface area (Å²) >= 11 is 0. The van der Waals surface area contributed by atoms with Gasteiger partial charge in [0.2, 0.25) is 0 Å². The van der Waals surface area contributed by atoms with E-state index in [1.165, 1.54) is 0 Å². The highest BCUT2D eigenvalue weighted by molar-refractivity contribution is 6.10. The molecular weight excluding hydrogens is 582 g/mol. The number of aliphatic imine (C=N–C) groups is 1. The summed E-state index contributed by atoms with van der Waals surface area (Å²) in [5.41, 5.74) is 4.14. The Kier molecular flexibility index (Phi) is 12.9. The molecule has 6 N–H and O–H groups in total. The molecule has 2 heterocycles. The molecule has 1 aliphatic carbocycles. The van der Waals surface area contributed by atoms with Crippen molar-refractivity contribution in [1.82, 2.24) is 10.3 Å². The highest BCUT2D eigenvalue weighted by Gasteiger charge is 2.56. The summed E-state index contributed by atoms with van der Waals surface area (Å²) in [6.45, 7) is 10.7. The van der Waals surface area contributed by atoms with E-state index in [9.17, 15) is 19.5 Å². The summed E-state index contributed by atoms with van der Waals surface area (Å²) in [6, 6.07) is 2.33. The number of unbranched alkanes of at least 4 members (excludes halogenated alkanes) is 1. The van der Waals surface area contributed by atoms with E-state index in [-0.39, 0.29) is 24.3 Å². The van der Waals surface area contributed by atoms with Gasteiger partial charge in [0.1, 0.15) is 42.4 Å². The third-order valence-corrected chi connectivity index (χ3v) is 8.63. The van der Waals surface area contributed by atoms with E-state index < -0.39 is 47.4 Å². The van der Waals surface area contributed by atoms with Crippen LogP contribution in [0.15, 0.2) is 17.1 Å². The van der Waals surface area contributed by atoms with Crippen LogP contribution in [0.4, 0.5) is 0 Å². The van der Waals surface area contributed by atoms with Gasteiger partial charge < -0.3 is 40.1 Å². The number of aromatic amines is 1. The summed E-state index contributed by atoms with van der Waals surface area (Å²) in [6.07, 6.45) is 3.45. The minimum absolute atomic E-state index is 0.0628. The fourth-order valence-electron chi connectivity index (χ4n) is 5.48. The van der Waals surface area contributed by atoms with Gasteiger partial charge in [-0.25, -0.2) is 4.99 Å². The van der Waals surface area contributed by atoms with Gasteiger partial charge in [0.05, 0.1) is 11.4 Å². The Morgan fingerprint density at radius 2 is 1.98 bits per heavy atom. The number of esters is 2. The zero-order chi connectivity index (χ0) is 33.4. The van der Waals surface area contributed by atoms with E-state index in [2.05, 4.69) is 15.3 Å². The first kappa shape index (κ1) is 36.3. The van der Waals surface area contributed by atoms with E-state index in [0.29, 0.717) is 30.3 Å². The summed E-state index contributed by atoms with van der Waals surface area (Å²) in [7, 11) is 0. The summed E-state index contributed by atoms with van der Waals surface area (Å²) in [5.74, 6) is -1.38. The van der Waals surface area contributed by atoms with Crippen LogP contribution in [0.5, 0.6) is 0 Å². The Morgan fingerprint density at radius 3 is 2.60 bits per heavy atom. The third-order valence-electron chi connectivity index (χ3n) is 8.63. The van der Waals surface area contributed by atoms with Crippen molar-refractivity contribution in [3.8, 4) is 0 Å². The summed E-state index contributed by atoms with van der Waals surface area (Å²) in [5, 5.41) is 21.8. The van der Waals surface area contributed by atoms with Crippen LogP contribution in [0.3, 0.4) is 0 Å². The number of nitrogens with two attached hydrogens (primary N) is 1. The second-order valence-corrected chi connectivity index (χ2v) is 13.0. The number of amidine groups is 1. The van der Waals surface area contributed by atoms with Crippen LogP contribution in [-0.2, 0) is 38.9 Å². The first-order valence-corrected chi connectivity index (χ1v) is 15.9. The first-order valence-electron chi connectivity index (χ1n) is 15.9. The highest BCUT2D eigenvalue weighted by Crippen LogP contribution is 2.41. The largest absolute Gasteiger partial charge is 0.463 e. The van der Waals surface area contributed by atoms with Crippen molar-refractivity contribution in [2.45, 2.75) is 122 Å². The number of aliphatic hydroxyl groups is 1. The van der Waals surface area contributed by atoms with Crippen molar-refractivity contribution in [2.75, 3.05) is 13.2 Å². The molecule has 0 spiro atoms. The molecule has 252 valence electrons. The molecule has 1 aromatic heterocycles. The quantitative estimate of drug-likeness (QED) is 0.0834. The zero-order valence-corrected chi connectivity index (χ0v) is 27.4. The molecule has 2 fully saturated rings. The number of ether oxygens (including phenoxy) is 4. The van der Waals surface area contributed by atoms with Crippen LogP contribution in [-0.4, -0.2) is 83.3 Å². The molecule has 1 aliphatic heterocycles. The number of aliphatic hydroxyl groups excluding tert-OH is 1. The first-order chi connectivity index (χ1) is 21.2. The molecule has 5 atom stereocenters. The lowest BCUT2D eigenvalue weighted by atomic mass is 9.93. The van der Waals surface area contributed by atoms with Crippen LogP contribution in [0, 0.1) is 17.2 Å². The number of carbonyl (C=O) groups is 3. The number of hydrogen-bond donors (Lipinski definition) is 5. The Hall–Kier alpha value is -3.13. The number of hydrogen-bond acceptors (Lipinski definition) is 10. The monoisotopic (exact) mass is 633 g/mol. The van der Waals surface area contributed by atoms with Gasteiger partial charge in [-0.1, -0.05) is 40.0 Å². The maximum Gasteiger partial charge on any atom is 0.323 e. The molecule has 0 radical (unpaired) electrons. The smallest absolute Gasteiger partial charge is 0.323 e. The average molecular weight is 634 g/mol. The van der Waals surface area contributed by atoms with Gasteiger partial charge in [-0.2, -0.15) is 0 Å². The number of rotatable bonds is 15. The number of nitrogens with one attached hydrogen (secondary N) is 3. The maximum atomic E-state index is 13.1. The molecule has 1 saturated carbocycles. The minimum Gasteiger partial charge on any atom is -0.463 e. The fourth-order valence-corrected chi connectivity index (χ4v) is 5.48. The lowest BCUT2D eigenvalue weighted by Gasteiger charge is -2.28. The molecule has 1 saturated heterocycles. The molecule has 1 amide bonds. The highest BCUT2D eigenvalue weighted by atomic mass is 16.6. The SMILES string of the molecule is CCCCOC(C)(C)C(=O)N/C(=N/C=N)c1ccc([C@]2(C)O[C@H](COC(=O)CC3CCCC3)[C@@H](OC(=O)[C@H](N)C(C)C)[C@H]2O)[nH]1. The molecule has 2 aliphatic rings. The van der Waals surface area contributed by atoms with Crippen molar-refractivity contribution in [3.63, 3.8) is 0 Å². The van der Waals surface area contributed by atoms with Crippen molar-refractivity contribution >= 4 is 30.0 Å². The van der Waals surface area contributed by atoms with E-state index >= 15 is 0 Å². The Labute approximate surface area is 265 Å². The summed E-state index contributed by atoms with van der Waals surface area (Å²) in [4.78, 5) is 45.7. The van der Waals surface area contributed by atoms with Crippen LogP contribution in [0.2, 0.25) is 0 Å². The average Bonchev–Trinajstić information content (AvgIpc) is 3.74. The van der Waals surface area contributed by atoms with Crippen LogP contribution in [0.25, 0.3) is 0 Å². The van der Waals surface area contributed by atoms with Gasteiger partial charge in [0.15, 0.2) is 11.9 Å². The van der Waals surface area contributed by atoms with Gasteiger partial charge in [0, 0.05) is 13.0 Å². The van der Waals surface area contributed by atoms with Crippen molar-refractivity contribution in [2.24, 2.45) is 22.6 Å². The molecule has 0 aromatic carbocycles. The van der Waals surface area contributed by atoms with Crippen LogP contribution < -0.4 is 11.1 Å². The molecule has 0 unspecified atom stereocenters. The van der Waals surface area contributed by atoms with Crippen LogP contribution in [0.1, 0.15) is 97.9 Å². The topological polar surface area (TPSA) is 198 Å². The third kappa shape index (κ3) is 9.21. The van der Waals surface area contributed by atoms with Crippen molar-refractivity contribution in [1.29, 1.82) is 5.41 Å². The van der Waals surface area contributed by atoms with E-state index in [4.69, 9.17) is 30.1 Å². The van der Waals surface area contributed by atoms with Gasteiger partial charge in [-0.3, -0.25) is 19.8 Å². The molecular formula is C32H51N5O8. The van der Waals surface area contributed by atoms with Crippen molar-refractivity contribution < 1.29 is 38.4 Å². The molecule has 13 heteroatoms. The van der Waals surface area contributed by atoms with Gasteiger partial charge in [-0.05, 0) is 64.0 Å².